The summed E-state index contributed by atoms with van der Waals surface area (Å²) in [5, 5.41) is 6.55. The van der Waals surface area contributed by atoms with Crippen molar-refractivity contribution in [1.29, 1.82) is 0 Å². The van der Waals surface area contributed by atoms with Crippen molar-refractivity contribution in [2.75, 3.05) is 11.4 Å². The number of urea groups is 1. The molecule has 3 heterocycles. The fourth-order valence-corrected chi connectivity index (χ4v) is 4.22. The van der Waals surface area contributed by atoms with Gasteiger partial charge < -0.3 is 10.2 Å². The molecule has 2 aliphatic heterocycles. The van der Waals surface area contributed by atoms with Crippen LogP contribution in [0.2, 0.25) is 5.02 Å². The van der Waals surface area contributed by atoms with Gasteiger partial charge in [-0.2, -0.15) is 0 Å². The summed E-state index contributed by atoms with van der Waals surface area (Å²) in [5.41, 5.74) is 0.772. The number of benzene rings is 1. The molecule has 4 rings (SSSR count). The van der Waals surface area contributed by atoms with Gasteiger partial charge in [-0.05, 0) is 49.5 Å². The zero-order valence-electron chi connectivity index (χ0n) is 14.7. The molecule has 2 aromatic rings. The molecular formula is C17H15ClFN5O3S. The van der Waals surface area contributed by atoms with Crippen molar-refractivity contribution in [3.63, 3.8) is 0 Å². The summed E-state index contributed by atoms with van der Waals surface area (Å²) >= 11 is 6.80. The van der Waals surface area contributed by atoms with E-state index in [0.717, 1.165) is 22.5 Å². The van der Waals surface area contributed by atoms with E-state index in [-0.39, 0.29) is 22.7 Å². The number of rotatable bonds is 3. The van der Waals surface area contributed by atoms with E-state index >= 15 is 0 Å². The smallest absolute Gasteiger partial charge is 0.332 e. The Morgan fingerprint density at radius 1 is 1.39 bits per heavy atom. The predicted octanol–water partition coefficient (Wildman–Crippen LogP) is 2.37. The first-order valence-electron chi connectivity index (χ1n) is 8.56. The van der Waals surface area contributed by atoms with Gasteiger partial charge in [-0.1, -0.05) is 16.1 Å². The third-order valence-electron chi connectivity index (χ3n) is 4.90. The lowest BCUT2D eigenvalue weighted by molar-refractivity contribution is -0.120. The van der Waals surface area contributed by atoms with Crippen LogP contribution in [-0.4, -0.2) is 51.0 Å². The standard InChI is InChI=1S/C17H15ClFN5O3S/c1-8-14(28-22-21-8)15(25)20-9-4-5-23-13(6-9)16(26)24(17(23)27)10-2-3-12(19)11(18)7-10/h2-3,7,9,13H,4-6H2,1H3,(H,20,25)/t9-,13+/m1/s1. The van der Waals surface area contributed by atoms with Crippen LogP contribution in [0.15, 0.2) is 18.2 Å². The highest BCUT2D eigenvalue weighted by Gasteiger charge is 2.48. The summed E-state index contributed by atoms with van der Waals surface area (Å²) in [5.74, 6) is -1.33. The Morgan fingerprint density at radius 3 is 2.86 bits per heavy atom. The second-order valence-corrected chi connectivity index (χ2v) is 7.81. The van der Waals surface area contributed by atoms with E-state index in [9.17, 15) is 18.8 Å². The van der Waals surface area contributed by atoms with Crippen molar-refractivity contribution in [2.24, 2.45) is 0 Å². The van der Waals surface area contributed by atoms with Crippen LogP contribution in [0.4, 0.5) is 14.9 Å². The number of fused-ring (bicyclic) bond motifs is 1. The van der Waals surface area contributed by atoms with Gasteiger partial charge in [-0.3, -0.25) is 9.59 Å². The maximum Gasteiger partial charge on any atom is 0.332 e. The van der Waals surface area contributed by atoms with Crippen molar-refractivity contribution in [2.45, 2.75) is 31.8 Å². The van der Waals surface area contributed by atoms with Gasteiger partial charge in [0.15, 0.2) is 0 Å². The predicted molar refractivity (Wildman–Crippen MR) is 99.9 cm³/mol. The molecule has 8 nitrogen and oxygen atoms in total. The number of carbonyl (C=O) groups excluding carboxylic acids is 3. The average Bonchev–Trinajstić information content (AvgIpc) is 3.19. The first kappa shape index (κ1) is 18.8. The minimum Gasteiger partial charge on any atom is -0.348 e. The molecule has 0 spiro atoms. The molecule has 2 saturated heterocycles. The summed E-state index contributed by atoms with van der Waals surface area (Å²) in [6.07, 6.45) is 0.817. The van der Waals surface area contributed by atoms with E-state index in [4.69, 9.17) is 11.6 Å². The Balaban J connectivity index is 1.50. The molecule has 0 radical (unpaired) electrons. The number of halogens is 2. The van der Waals surface area contributed by atoms with Crippen molar-refractivity contribution in [3.05, 3.63) is 39.6 Å². The average molecular weight is 424 g/mol. The molecule has 0 unspecified atom stereocenters. The number of aromatic nitrogens is 2. The first-order chi connectivity index (χ1) is 13.4. The van der Waals surface area contributed by atoms with E-state index in [1.807, 2.05) is 0 Å². The lowest BCUT2D eigenvalue weighted by Gasteiger charge is -2.32. The number of nitrogens with one attached hydrogen (secondary N) is 1. The Labute approximate surface area is 168 Å². The zero-order valence-corrected chi connectivity index (χ0v) is 16.3. The van der Waals surface area contributed by atoms with Crippen LogP contribution in [0.3, 0.4) is 0 Å². The number of imide groups is 1. The second kappa shape index (κ2) is 7.10. The molecule has 28 heavy (non-hydrogen) atoms. The summed E-state index contributed by atoms with van der Waals surface area (Å²) in [6.45, 7) is 2.03. The number of aryl methyl sites for hydroxylation is 1. The normalized spacial score (nSPS) is 21.8. The van der Waals surface area contributed by atoms with Crippen LogP contribution < -0.4 is 10.2 Å². The van der Waals surface area contributed by atoms with Crippen LogP contribution in [0.25, 0.3) is 0 Å². The molecule has 1 aromatic heterocycles. The summed E-state index contributed by atoms with van der Waals surface area (Å²) < 4.78 is 17.2. The minimum atomic E-state index is -0.684. The highest BCUT2D eigenvalue weighted by atomic mass is 35.5. The Morgan fingerprint density at radius 2 is 2.18 bits per heavy atom. The molecular weight excluding hydrogens is 409 g/mol. The SMILES string of the molecule is Cc1nnsc1C(=O)N[C@@H]1CCN2C(=O)N(c3ccc(F)c(Cl)c3)C(=O)[C@@H]2C1. The van der Waals surface area contributed by atoms with Crippen LogP contribution in [-0.2, 0) is 4.79 Å². The molecule has 146 valence electrons. The molecule has 2 atom stereocenters. The molecule has 1 N–H and O–H groups in total. The molecule has 2 fully saturated rings. The van der Waals surface area contributed by atoms with E-state index in [0.29, 0.717) is 30.0 Å². The van der Waals surface area contributed by atoms with Gasteiger partial charge in [0.2, 0.25) is 0 Å². The quantitative estimate of drug-likeness (QED) is 0.764. The van der Waals surface area contributed by atoms with Crippen LogP contribution >= 0.6 is 23.1 Å². The van der Waals surface area contributed by atoms with E-state index in [1.54, 1.807) is 6.92 Å². The van der Waals surface area contributed by atoms with Crippen LogP contribution in [0.1, 0.15) is 28.2 Å². The maximum absolute atomic E-state index is 13.4. The lowest BCUT2D eigenvalue weighted by atomic mass is 9.98. The van der Waals surface area contributed by atoms with Crippen LogP contribution in [0.5, 0.6) is 0 Å². The van der Waals surface area contributed by atoms with Crippen LogP contribution in [0, 0.1) is 12.7 Å². The molecule has 2 aliphatic rings. The van der Waals surface area contributed by atoms with E-state index in [1.165, 1.54) is 17.0 Å². The number of anilines is 1. The summed E-state index contributed by atoms with van der Waals surface area (Å²) in [4.78, 5) is 40.9. The Bertz CT molecular complexity index is 983. The molecule has 0 bridgehead atoms. The number of piperidine rings is 1. The number of amides is 4. The monoisotopic (exact) mass is 423 g/mol. The largest absolute Gasteiger partial charge is 0.348 e. The molecule has 4 amide bonds. The lowest BCUT2D eigenvalue weighted by Crippen LogP contribution is -2.49. The second-order valence-electron chi connectivity index (χ2n) is 6.65. The van der Waals surface area contributed by atoms with Gasteiger partial charge in [0.25, 0.3) is 11.8 Å². The maximum atomic E-state index is 13.4. The first-order valence-corrected chi connectivity index (χ1v) is 9.71. The topological polar surface area (TPSA) is 95.5 Å². The van der Waals surface area contributed by atoms with Crippen molar-refractivity contribution in [1.82, 2.24) is 19.8 Å². The van der Waals surface area contributed by atoms with Crippen molar-refractivity contribution < 1.29 is 18.8 Å². The minimum absolute atomic E-state index is 0.165. The fourth-order valence-electron chi connectivity index (χ4n) is 3.48. The molecule has 0 saturated carbocycles. The number of carbonyl (C=O) groups is 3. The highest BCUT2D eigenvalue weighted by Crippen LogP contribution is 2.32. The van der Waals surface area contributed by atoms with E-state index in [2.05, 4.69) is 14.9 Å². The van der Waals surface area contributed by atoms with Gasteiger partial charge >= 0.3 is 6.03 Å². The number of nitrogens with zero attached hydrogens (tertiary/aromatic N) is 4. The molecule has 11 heteroatoms. The third kappa shape index (κ3) is 3.12. The van der Waals surface area contributed by atoms with Crippen molar-refractivity contribution >= 4 is 46.7 Å². The molecule has 0 aliphatic carbocycles. The number of hydrogen-bond acceptors (Lipinski definition) is 6. The summed E-state index contributed by atoms with van der Waals surface area (Å²) in [6, 6.07) is 2.30. The Hall–Kier alpha value is -2.59. The number of hydrogen-bond donors (Lipinski definition) is 1. The van der Waals surface area contributed by atoms with Crippen molar-refractivity contribution in [3.8, 4) is 0 Å². The van der Waals surface area contributed by atoms with Gasteiger partial charge in [0.05, 0.1) is 16.4 Å². The summed E-state index contributed by atoms with van der Waals surface area (Å²) in [7, 11) is 0. The van der Waals surface area contributed by atoms with E-state index < -0.39 is 23.8 Å². The zero-order chi connectivity index (χ0) is 20.0. The Kier molecular flexibility index (Phi) is 4.76. The van der Waals surface area contributed by atoms with Gasteiger partial charge in [0, 0.05) is 12.6 Å². The third-order valence-corrected chi connectivity index (χ3v) is 6.02. The van der Waals surface area contributed by atoms with Gasteiger partial charge in [-0.25, -0.2) is 14.1 Å². The van der Waals surface area contributed by atoms with Gasteiger partial charge in [0.1, 0.15) is 16.7 Å². The highest BCUT2D eigenvalue weighted by molar-refractivity contribution is 7.08. The fraction of sp³-hybridized carbons (Fsp3) is 0.353. The molecule has 1 aromatic carbocycles. The van der Waals surface area contributed by atoms with Gasteiger partial charge in [-0.15, -0.1) is 5.10 Å².